The first kappa shape index (κ1) is 19.3. The molecule has 0 aromatic carbocycles. The van der Waals surface area contributed by atoms with E-state index in [2.05, 4.69) is 15.3 Å². The van der Waals surface area contributed by atoms with Crippen molar-refractivity contribution in [3.05, 3.63) is 35.0 Å². The van der Waals surface area contributed by atoms with E-state index in [1.165, 1.54) is 11.3 Å². The third-order valence-corrected chi connectivity index (χ3v) is 5.28. The topological polar surface area (TPSA) is 84.4 Å². The van der Waals surface area contributed by atoms with E-state index in [1.54, 1.807) is 0 Å². The van der Waals surface area contributed by atoms with Crippen LogP contribution < -0.4 is 5.32 Å². The van der Waals surface area contributed by atoms with Crippen LogP contribution in [0.2, 0.25) is 0 Å². The lowest BCUT2D eigenvalue weighted by molar-refractivity contribution is -0.151. The van der Waals surface area contributed by atoms with Crippen LogP contribution in [0.1, 0.15) is 31.2 Å². The average Bonchev–Trinajstić information content (AvgIpc) is 3.09. The predicted molar refractivity (Wildman–Crippen MR) is 104 cm³/mol. The number of aryl methyl sites for hydroxylation is 1. The Labute approximate surface area is 162 Å². The number of nitrogens with zero attached hydrogens (tertiary/aromatic N) is 3. The van der Waals surface area contributed by atoms with E-state index in [4.69, 9.17) is 4.74 Å². The fourth-order valence-corrected chi connectivity index (χ4v) is 3.78. The molecule has 1 N–H and O–H groups in total. The fourth-order valence-electron chi connectivity index (χ4n) is 3.06. The molecule has 1 fully saturated rings. The number of carbonyl (C=O) groups excluding carboxylic acids is 2. The summed E-state index contributed by atoms with van der Waals surface area (Å²) in [6.07, 6.45) is 1.59. The van der Waals surface area contributed by atoms with Crippen molar-refractivity contribution >= 4 is 34.2 Å². The van der Waals surface area contributed by atoms with Gasteiger partial charge in [-0.15, -0.1) is 11.3 Å². The maximum Gasteiger partial charge on any atom is 0.309 e. The summed E-state index contributed by atoms with van der Waals surface area (Å²) in [6, 6.07) is 5.75. The number of anilines is 2. The van der Waals surface area contributed by atoms with Gasteiger partial charge in [0.05, 0.1) is 24.6 Å². The minimum absolute atomic E-state index is 0.0443. The summed E-state index contributed by atoms with van der Waals surface area (Å²) in [6.45, 7) is 5.32. The molecule has 0 unspecified atom stereocenters. The number of amides is 1. The molecule has 8 heteroatoms. The van der Waals surface area contributed by atoms with Gasteiger partial charge in [-0.25, -0.2) is 9.97 Å². The molecular formula is C19H24N4O3S. The van der Waals surface area contributed by atoms with E-state index < -0.39 is 0 Å². The van der Waals surface area contributed by atoms with Crippen molar-refractivity contribution in [3.63, 3.8) is 0 Å². The smallest absolute Gasteiger partial charge is 0.309 e. The fraction of sp³-hybridized carbons (Fsp3) is 0.474. The van der Waals surface area contributed by atoms with Crippen LogP contribution >= 0.6 is 11.3 Å². The first-order valence-electron chi connectivity index (χ1n) is 9.14. The predicted octanol–water partition coefficient (Wildman–Crippen LogP) is 2.93. The summed E-state index contributed by atoms with van der Waals surface area (Å²) < 4.78 is 5.07. The highest BCUT2D eigenvalue weighted by molar-refractivity contribution is 7.13. The number of ether oxygens (including phenoxy) is 1. The second kappa shape index (κ2) is 8.94. The third kappa shape index (κ3) is 5.26. The molecule has 0 aliphatic carbocycles. The number of likely N-dealkylation sites (tertiary alicyclic amines) is 1. The zero-order chi connectivity index (χ0) is 19.2. The molecule has 0 bridgehead atoms. The molecule has 27 heavy (non-hydrogen) atoms. The highest BCUT2D eigenvalue weighted by atomic mass is 32.1. The molecule has 2 aromatic rings. The van der Waals surface area contributed by atoms with E-state index in [-0.39, 0.29) is 24.2 Å². The Balaban J connectivity index is 1.50. The first-order valence-corrected chi connectivity index (χ1v) is 10.0. The van der Waals surface area contributed by atoms with E-state index in [1.807, 2.05) is 42.3 Å². The lowest BCUT2D eigenvalue weighted by Crippen LogP contribution is -2.41. The van der Waals surface area contributed by atoms with Crippen LogP contribution in [-0.2, 0) is 20.7 Å². The highest BCUT2D eigenvalue weighted by Gasteiger charge is 2.28. The molecule has 7 nitrogen and oxygen atoms in total. The molecule has 0 saturated carbocycles. The van der Waals surface area contributed by atoms with Crippen LogP contribution in [-0.4, -0.2) is 46.4 Å². The van der Waals surface area contributed by atoms with Crippen molar-refractivity contribution in [1.29, 1.82) is 0 Å². The third-order valence-electron chi connectivity index (χ3n) is 4.48. The Morgan fingerprint density at radius 1 is 1.30 bits per heavy atom. The molecule has 1 amide bonds. The Hall–Kier alpha value is -2.48. The number of esters is 1. The molecule has 3 rings (SSSR count). The van der Waals surface area contributed by atoms with Crippen LogP contribution in [0, 0.1) is 12.8 Å². The Bertz CT molecular complexity index is 800. The van der Waals surface area contributed by atoms with E-state index in [0.717, 1.165) is 22.3 Å². The number of hydrogen-bond donors (Lipinski definition) is 1. The van der Waals surface area contributed by atoms with Gasteiger partial charge < -0.3 is 15.0 Å². The molecule has 0 spiro atoms. The lowest BCUT2D eigenvalue weighted by atomic mass is 9.97. The minimum atomic E-state index is -0.149. The SMILES string of the molecule is CCOC(=O)C1CCN(C(=O)Cc2csc(Nc3cccc(C)n3)n2)CC1. The van der Waals surface area contributed by atoms with Gasteiger partial charge in [-0.1, -0.05) is 6.07 Å². The van der Waals surface area contributed by atoms with Crippen molar-refractivity contribution in [2.24, 2.45) is 5.92 Å². The van der Waals surface area contributed by atoms with Gasteiger partial charge in [0.25, 0.3) is 0 Å². The quantitative estimate of drug-likeness (QED) is 0.766. The second-order valence-electron chi connectivity index (χ2n) is 6.52. The molecule has 3 heterocycles. The van der Waals surface area contributed by atoms with Crippen molar-refractivity contribution in [2.75, 3.05) is 25.0 Å². The van der Waals surface area contributed by atoms with E-state index >= 15 is 0 Å². The molecule has 1 aliphatic rings. The highest BCUT2D eigenvalue weighted by Crippen LogP contribution is 2.22. The molecule has 1 aliphatic heterocycles. The molecule has 144 valence electrons. The van der Waals surface area contributed by atoms with E-state index in [0.29, 0.717) is 32.5 Å². The zero-order valence-electron chi connectivity index (χ0n) is 15.6. The summed E-state index contributed by atoms with van der Waals surface area (Å²) in [5, 5.41) is 5.78. The summed E-state index contributed by atoms with van der Waals surface area (Å²) in [7, 11) is 0. The zero-order valence-corrected chi connectivity index (χ0v) is 16.4. The van der Waals surface area contributed by atoms with Crippen molar-refractivity contribution in [2.45, 2.75) is 33.1 Å². The van der Waals surface area contributed by atoms with Gasteiger partial charge in [-0.05, 0) is 38.8 Å². The number of pyridine rings is 1. The van der Waals surface area contributed by atoms with Gasteiger partial charge in [0.15, 0.2) is 5.13 Å². The molecule has 0 radical (unpaired) electrons. The van der Waals surface area contributed by atoms with Crippen molar-refractivity contribution in [3.8, 4) is 0 Å². The molecule has 2 aromatic heterocycles. The maximum atomic E-state index is 12.5. The van der Waals surface area contributed by atoms with Gasteiger partial charge in [0, 0.05) is 24.2 Å². The number of rotatable bonds is 6. The number of piperidine rings is 1. The monoisotopic (exact) mass is 388 g/mol. The summed E-state index contributed by atoms with van der Waals surface area (Å²) in [5.41, 5.74) is 1.67. The summed E-state index contributed by atoms with van der Waals surface area (Å²) in [4.78, 5) is 35.0. The summed E-state index contributed by atoms with van der Waals surface area (Å²) >= 11 is 1.45. The second-order valence-corrected chi connectivity index (χ2v) is 7.38. The number of thiazole rings is 1. The van der Waals surface area contributed by atoms with Crippen LogP contribution in [0.5, 0.6) is 0 Å². The lowest BCUT2D eigenvalue weighted by Gasteiger charge is -2.30. The van der Waals surface area contributed by atoms with Gasteiger partial charge >= 0.3 is 5.97 Å². The Morgan fingerprint density at radius 3 is 2.78 bits per heavy atom. The van der Waals surface area contributed by atoms with Crippen LogP contribution in [0.15, 0.2) is 23.6 Å². The van der Waals surface area contributed by atoms with Crippen molar-refractivity contribution in [1.82, 2.24) is 14.9 Å². The van der Waals surface area contributed by atoms with E-state index in [9.17, 15) is 9.59 Å². The normalized spacial score (nSPS) is 14.8. The molecular weight excluding hydrogens is 364 g/mol. The average molecular weight is 388 g/mol. The Morgan fingerprint density at radius 2 is 2.07 bits per heavy atom. The van der Waals surface area contributed by atoms with Crippen molar-refractivity contribution < 1.29 is 14.3 Å². The van der Waals surface area contributed by atoms with Gasteiger partial charge in [-0.3, -0.25) is 9.59 Å². The maximum absolute atomic E-state index is 12.5. The number of hydrogen-bond acceptors (Lipinski definition) is 7. The molecule has 1 saturated heterocycles. The first-order chi connectivity index (χ1) is 13.0. The van der Waals surface area contributed by atoms with Crippen LogP contribution in [0.3, 0.4) is 0 Å². The number of nitrogens with one attached hydrogen (secondary N) is 1. The largest absolute Gasteiger partial charge is 0.466 e. The number of aromatic nitrogens is 2. The number of carbonyl (C=O) groups is 2. The van der Waals surface area contributed by atoms with Crippen LogP contribution in [0.4, 0.5) is 10.9 Å². The van der Waals surface area contributed by atoms with Gasteiger partial charge in [-0.2, -0.15) is 0 Å². The Kier molecular flexibility index (Phi) is 6.39. The summed E-state index contributed by atoms with van der Waals surface area (Å²) in [5.74, 6) is 0.543. The van der Waals surface area contributed by atoms with Gasteiger partial charge in [0.2, 0.25) is 5.91 Å². The van der Waals surface area contributed by atoms with Crippen LogP contribution in [0.25, 0.3) is 0 Å². The molecule has 0 atom stereocenters. The minimum Gasteiger partial charge on any atom is -0.466 e. The van der Waals surface area contributed by atoms with Gasteiger partial charge in [0.1, 0.15) is 5.82 Å². The standard InChI is InChI=1S/C19H24N4O3S/c1-3-26-18(25)14-7-9-23(10-8-14)17(24)11-15-12-27-19(21-15)22-16-6-4-5-13(2)20-16/h4-6,12,14H,3,7-11H2,1-2H3,(H,20,21,22).